The SMILES string of the molecule is CC(C)(C)c1nsc(Oc2cc(N)ccc2Cl)n1. The zero-order chi connectivity index (χ0) is 13.3. The summed E-state index contributed by atoms with van der Waals surface area (Å²) in [6.07, 6.45) is 0. The van der Waals surface area contributed by atoms with Gasteiger partial charge in [0.25, 0.3) is 5.19 Å². The topological polar surface area (TPSA) is 61.0 Å². The highest BCUT2D eigenvalue weighted by atomic mass is 35.5. The van der Waals surface area contributed by atoms with Crippen molar-refractivity contribution in [2.45, 2.75) is 26.2 Å². The highest BCUT2D eigenvalue weighted by Gasteiger charge is 2.20. The van der Waals surface area contributed by atoms with Gasteiger partial charge in [-0.2, -0.15) is 9.36 Å². The molecular formula is C12H14ClN3OS. The number of ether oxygens (including phenoxy) is 1. The van der Waals surface area contributed by atoms with Crippen molar-refractivity contribution < 1.29 is 4.74 Å². The highest BCUT2D eigenvalue weighted by molar-refractivity contribution is 7.07. The Morgan fingerprint density at radius 2 is 2.06 bits per heavy atom. The largest absolute Gasteiger partial charge is 0.428 e. The summed E-state index contributed by atoms with van der Waals surface area (Å²) < 4.78 is 9.87. The lowest BCUT2D eigenvalue weighted by molar-refractivity contribution is 0.468. The molecule has 4 nitrogen and oxygen atoms in total. The molecular weight excluding hydrogens is 270 g/mol. The molecule has 1 aromatic heterocycles. The molecule has 6 heteroatoms. The maximum absolute atomic E-state index is 6.02. The minimum Gasteiger partial charge on any atom is -0.428 e. The standard InChI is InChI=1S/C12H14ClN3OS/c1-12(2,3)10-15-11(18-16-10)17-9-6-7(14)4-5-8(9)13/h4-6H,14H2,1-3H3. The number of anilines is 1. The predicted molar refractivity (Wildman–Crippen MR) is 74.5 cm³/mol. The number of nitrogens with zero attached hydrogens (tertiary/aromatic N) is 2. The predicted octanol–water partition coefficient (Wildman–Crippen LogP) is 3.86. The van der Waals surface area contributed by atoms with E-state index in [1.165, 1.54) is 11.5 Å². The molecule has 0 saturated heterocycles. The number of nitrogens with two attached hydrogens (primary N) is 1. The molecule has 0 aliphatic carbocycles. The van der Waals surface area contributed by atoms with Gasteiger partial charge >= 0.3 is 0 Å². The number of benzene rings is 1. The van der Waals surface area contributed by atoms with E-state index in [0.29, 0.717) is 21.7 Å². The molecule has 2 rings (SSSR count). The third kappa shape index (κ3) is 2.91. The van der Waals surface area contributed by atoms with Crippen molar-refractivity contribution in [2.75, 3.05) is 5.73 Å². The van der Waals surface area contributed by atoms with E-state index in [2.05, 4.69) is 9.36 Å². The van der Waals surface area contributed by atoms with Gasteiger partial charge in [-0.3, -0.25) is 0 Å². The van der Waals surface area contributed by atoms with E-state index in [-0.39, 0.29) is 5.41 Å². The zero-order valence-corrected chi connectivity index (χ0v) is 12.0. The molecule has 0 bridgehead atoms. The number of nitrogen functional groups attached to an aromatic ring is 1. The molecule has 0 unspecified atom stereocenters. The first-order valence-corrected chi connectivity index (χ1v) is 6.58. The van der Waals surface area contributed by atoms with Crippen molar-refractivity contribution in [3.8, 4) is 10.9 Å². The normalized spacial score (nSPS) is 11.6. The van der Waals surface area contributed by atoms with Gasteiger partial charge in [0, 0.05) is 28.7 Å². The lowest BCUT2D eigenvalue weighted by atomic mass is 9.96. The molecule has 1 aromatic carbocycles. The van der Waals surface area contributed by atoms with E-state index >= 15 is 0 Å². The fraction of sp³-hybridized carbons (Fsp3) is 0.333. The molecule has 0 atom stereocenters. The van der Waals surface area contributed by atoms with Crippen LogP contribution in [0.1, 0.15) is 26.6 Å². The maximum Gasteiger partial charge on any atom is 0.298 e. The maximum atomic E-state index is 6.02. The van der Waals surface area contributed by atoms with Crippen LogP contribution >= 0.6 is 23.1 Å². The van der Waals surface area contributed by atoms with Gasteiger partial charge in [-0.15, -0.1) is 0 Å². The second-order valence-corrected chi connectivity index (χ2v) is 6.05. The van der Waals surface area contributed by atoms with Crippen molar-refractivity contribution in [1.82, 2.24) is 9.36 Å². The van der Waals surface area contributed by atoms with Gasteiger partial charge in [0.15, 0.2) is 11.6 Å². The van der Waals surface area contributed by atoms with Crippen LogP contribution in [0.25, 0.3) is 0 Å². The Bertz CT molecular complexity index is 563. The Morgan fingerprint density at radius 1 is 1.33 bits per heavy atom. The summed E-state index contributed by atoms with van der Waals surface area (Å²) in [5.41, 5.74) is 6.18. The molecule has 0 aliphatic rings. The molecule has 0 spiro atoms. The van der Waals surface area contributed by atoms with Crippen LogP contribution in [-0.2, 0) is 5.41 Å². The van der Waals surface area contributed by atoms with Gasteiger partial charge in [-0.25, -0.2) is 0 Å². The Labute approximate surface area is 115 Å². The fourth-order valence-corrected chi connectivity index (χ4v) is 2.14. The Kier molecular flexibility index (Phi) is 3.45. The Hall–Kier alpha value is -1.33. The van der Waals surface area contributed by atoms with Gasteiger partial charge in [0.2, 0.25) is 0 Å². The Balaban J connectivity index is 2.24. The number of aromatic nitrogens is 2. The van der Waals surface area contributed by atoms with Crippen LogP contribution in [0.3, 0.4) is 0 Å². The molecule has 0 radical (unpaired) electrons. The van der Waals surface area contributed by atoms with Crippen LogP contribution in [0, 0.1) is 0 Å². The molecule has 0 saturated carbocycles. The third-order valence-electron chi connectivity index (χ3n) is 2.23. The second kappa shape index (κ2) is 4.74. The molecule has 18 heavy (non-hydrogen) atoms. The molecule has 96 valence electrons. The summed E-state index contributed by atoms with van der Waals surface area (Å²) in [6.45, 7) is 6.14. The molecule has 0 fully saturated rings. The summed E-state index contributed by atoms with van der Waals surface area (Å²) >= 11 is 7.22. The van der Waals surface area contributed by atoms with Crippen molar-refractivity contribution in [2.24, 2.45) is 0 Å². The Morgan fingerprint density at radius 3 is 2.67 bits per heavy atom. The van der Waals surface area contributed by atoms with Crippen molar-refractivity contribution >= 4 is 28.8 Å². The number of hydrogen-bond donors (Lipinski definition) is 1. The summed E-state index contributed by atoms with van der Waals surface area (Å²) in [4.78, 5) is 4.33. The van der Waals surface area contributed by atoms with E-state index in [1.807, 2.05) is 20.8 Å². The average Bonchev–Trinajstić information content (AvgIpc) is 2.71. The zero-order valence-electron chi connectivity index (χ0n) is 10.4. The van der Waals surface area contributed by atoms with Crippen LogP contribution in [-0.4, -0.2) is 9.36 Å². The lowest BCUT2D eigenvalue weighted by Gasteiger charge is -2.12. The van der Waals surface area contributed by atoms with Gasteiger partial charge in [-0.05, 0) is 12.1 Å². The van der Waals surface area contributed by atoms with E-state index in [9.17, 15) is 0 Å². The van der Waals surface area contributed by atoms with Crippen molar-refractivity contribution in [3.63, 3.8) is 0 Å². The first-order valence-electron chi connectivity index (χ1n) is 5.43. The van der Waals surface area contributed by atoms with Crippen LogP contribution in [0.15, 0.2) is 18.2 Å². The minimum absolute atomic E-state index is 0.0996. The second-order valence-electron chi connectivity index (χ2n) is 4.93. The number of hydrogen-bond acceptors (Lipinski definition) is 5. The van der Waals surface area contributed by atoms with Crippen LogP contribution in [0.5, 0.6) is 10.9 Å². The van der Waals surface area contributed by atoms with Crippen molar-refractivity contribution in [3.05, 3.63) is 29.0 Å². The van der Waals surface area contributed by atoms with Gasteiger partial charge in [-0.1, -0.05) is 32.4 Å². The molecule has 0 aliphatic heterocycles. The molecule has 0 amide bonds. The van der Waals surface area contributed by atoms with Crippen LogP contribution in [0.2, 0.25) is 5.02 Å². The first-order chi connectivity index (χ1) is 8.36. The summed E-state index contributed by atoms with van der Waals surface area (Å²) in [5.74, 6) is 1.25. The third-order valence-corrected chi connectivity index (χ3v) is 3.14. The van der Waals surface area contributed by atoms with Crippen LogP contribution < -0.4 is 10.5 Å². The number of halogens is 1. The average molecular weight is 284 g/mol. The number of rotatable bonds is 2. The molecule has 1 heterocycles. The molecule has 2 N–H and O–H groups in total. The van der Waals surface area contributed by atoms with Crippen LogP contribution in [0.4, 0.5) is 5.69 Å². The highest BCUT2D eigenvalue weighted by Crippen LogP contribution is 2.33. The lowest BCUT2D eigenvalue weighted by Crippen LogP contribution is -2.12. The van der Waals surface area contributed by atoms with E-state index in [1.54, 1.807) is 18.2 Å². The fourth-order valence-electron chi connectivity index (χ4n) is 1.25. The molecule has 2 aromatic rings. The minimum atomic E-state index is -0.0996. The van der Waals surface area contributed by atoms with E-state index in [4.69, 9.17) is 22.1 Å². The van der Waals surface area contributed by atoms with E-state index in [0.717, 1.165) is 5.82 Å². The van der Waals surface area contributed by atoms with Gasteiger partial charge < -0.3 is 10.5 Å². The van der Waals surface area contributed by atoms with E-state index < -0.39 is 0 Å². The summed E-state index contributed by atoms with van der Waals surface area (Å²) in [5, 5.41) is 0.962. The van der Waals surface area contributed by atoms with Gasteiger partial charge in [0.05, 0.1) is 5.02 Å². The van der Waals surface area contributed by atoms with Gasteiger partial charge in [0.1, 0.15) is 0 Å². The summed E-state index contributed by atoms with van der Waals surface area (Å²) in [7, 11) is 0. The first kappa shape index (κ1) is 13.1. The monoisotopic (exact) mass is 283 g/mol. The summed E-state index contributed by atoms with van der Waals surface area (Å²) in [6, 6.07) is 5.08. The smallest absolute Gasteiger partial charge is 0.298 e. The quantitative estimate of drug-likeness (QED) is 0.850. The van der Waals surface area contributed by atoms with Crippen molar-refractivity contribution in [1.29, 1.82) is 0 Å².